The van der Waals surface area contributed by atoms with Gasteiger partial charge in [0.15, 0.2) is 0 Å². The van der Waals surface area contributed by atoms with Crippen molar-refractivity contribution in [2.75, 3.05) is 6.61 Å². The summed E-state index contributed by atoms with van der Waals surface area (Å²) in [7, 11) is 0. The lowest BCUT2D eigenvalue weighted by Gasteiger charge is -2.22. The third-order valence-corrected chi connectivity index (χ3v) is 2.49. The summed E-state index contributed by atoms with van der Waals surface area (Å²) in [6.07, 6.45) is 3.58. The molecule has 0 aliphatic carbocycles. The molecule has 24 heavy (non-hydrogen) atoms. The van der Waals surface area contributed by atoms with Crippen molar-refractivity contribution in [2.24, 2.45) is 0 Å². The maximum Gasteiger partial charge on any atom is 0.408 e. The summed E-state index contributed by atoms with van der Waals surface area (Å²) < 4.78 is 10.1. The highest BCUT2D eigenvalue weighted by molar-refractivity contribution is 5.82. The fourth-order valence-corrected chi connectivity index (χ4v) is 1.48. The number of aliphatic carboxylic acids is 1. The highest BCUT2D eigenvalue weighted by atomic mass is 16.6. The highest BCUT2D eigenvalue weighted by Crippen LogP contribution is 2.09. The fraction of sp³-hybridized carbons (Fsp3) is 0.471. The van der Waals surface area contributed by atoms with Crippen molar-refractivity contribution < 1.29 is 29.0 Å². The zero-order valence-electron chi connectivity index (χ0n) is 14.3. The maximum absolute atomic E-state index is 12.1. The molecule has 0 heterocycles. The van der Waals surface area contributed by atoms with Gasteiger partial charge in [0.05, 0.1) is 0 Å². The van der Waals surface area contributed by atoms with Crippen LogP contribution >= 0.6 is 0 Å². The molecule has 0 rings (SSSR count). The SMILES string of the molecule is C=C/C=C\C(=C)COC(=O)C(CCC(=O)O)NC(=O)OC(C)(C)C. The molecular weight excluding hydrogens is 314 g/mol. The predicted molar refractivity (Wildman–Crippen MR) is 89.5 cm³/mol. The smallest absolute Gasteiger partial charge is 0.408 e. The minimum absolute atomic E-state index is 0.0806. The minimum Gasteiger partial charge on any atom is -0.481 e. The standard InChI is InChI=1S/C17H25NO6/c1-6-7-8-12(2)11-23-15(21)13(9-10-14(19)20)18-16(22)24-17(3,4)5/h6-8,13H,1-2,9-11H2,3-5H3,(H,18,22)(H,19,20)/b8-7-. The summed E-state index contributed by atoms with van der Waals surface area (Å²) in [6, 6.07) is -1.12. The summed E-state index contributed by atoms with van der Waals surface area (Å²) in [5, 5.41) is 11.1. The molecule has 0 aromatic carbocycles. The van der Waals surface area contributed by atoms with Crippen LogP contribution in [0.2, 0.25) is 0 Å². The summed E-state index contributed by atoms with van der Waals surface area (Å²) in [5.74, 6) is -1.84. The molecule has 7 nitrogen and oxygen atoms in total. The lowest BCUT2D eigenvalue weighted by atomic mass is 10.1. The van der Waals surface area contributed by atoms with E-state index in [0.29, 0.717) is 5.57 Å². The summed E-state index contributed by atoms with van der Waals surface area (Å²) in [4.78, 5) is 34.5. The Morgan fingerprint density at radius 1 is 1.29 bits per heavy atom. The second-order valence-electron chi connectivity index (χ2n) is 5.99. The zero-order chi connectivity index (χ0) is 18.8. The highest BCUT2D eigenvalue weighted by Gasteiger charge is 2.26. The summed E-state index contributed by atoms with van der Waals surface area (Å²) in [6.45, 7) is 12.1. The van der Waals surface area contributed by atoms with E-state index in [0.717, 1.165) is 0 Å². The first kappa shape index (κ1) is 21.4. The molecule has 0 fully saturated rings. The second-order valence-corrected chi connectivity index (χ2v) is 5.99. The van der Waals surface area contributed by atoms with E-state index in [1.54, 1.807) is 39.0 Å². The second kappa shape index (κ2) is 10.3. The van der Waals surface area contributed by atoms with E-state index in [9.17, 15) is 14.4 Å². The number of amides is 1. The number of carbonyl (C=O) groups excluding carboxylic acids is 2. The van der Waals surface area contributed by atoms with Crippen LogP contribution in [0.5, 0.6) is 0 Å². The van der Waals surface area contributed by atoms with Crippen molar-refractivity contribution >= 4 is 18.0 Å². The number of alkyl carbamates (subject to hydrolysis) is 1. The largest absolute Gasteiger partial charge is 0.481 e. The Kier molecular flexibility index (Phi) is 9.15. The molecule has 1 atom stereocenters. The number of carbonyl (C=O) groups is 3. The van der Waals surface area contributed by atoms with Gasteiger partial charge in [0.1, 0.15) is 18.2 Å². The summed E-state index contributed by atoms with van der Waals surface area (Å²) in [5.41, 5.74) is -0.216. The molecule has 0 saturated carbocycles. The van der Waals surface area contributed by atoms with Gasteiger partial charge in [-0.25, -0.2) is 9.59 Å². The van der Waals surface area contributed by atoms with Crippen LogP contribution < -0.4 is 5.32 Å². The number of ether oxygens (including phenoxy) is 2. The lowest BCUT2D eigenvalue weighted by Crippen LogP contribution is -2.44. The van der Waals surface area contributed by atoms with Crippen molar-refractivity contribution in [3.63, 3.8) is 0 Å². The number of hydrogen-bond donors (Lipinski definition) is 2. The van der Waals surface area contributed by atoms with Crippen LogP contribution in [0.25, 0.3) is 0 Å². The molecule has 0 radical (unpaired) electrons. The Bertz CT molecular complexity index is 516. The molecule has 2 N–H and O–H groups in total. The lowest BCUT2D eigenvalue weighted by molar-refractivity contribution is -0.145. The Labute approximate surface area is 142 Å². The molecule has 134 valence electrons. The van der Waals surface area contributed by atoms with Gasteiger partial charge in [-0.3, -0.25) is 4.79 Å². The number of rotatable bonds is 9. The van der Waals surface area contributed by atoms with Crippen LogP contribution in [0.1, 0.15) is 33.6 Å². The van der Waals surface area contributed by atoms with Crippen molar-refractivity contribution in [3.05, 3.63) is 37.0 Å². The molecule has 0 aliphatic heterocycles. The van der Waals surface area contributed by atoms with Crippen LogP contribution in [0.3, 0.4) is 0 Å². The van der Waals surface area contributed by atoms with Crippen molar-refractivity contribution in [1.29, 1.82) is 0 Å². The third kappa shape index (κ3) is 11.1. The normalized spacial score (nSPS) is 12.3. The third-order valence-electron chi connectivity index (χ3n) is 2.49. The molecule has 0 aromatic rings. The van der Waals surface area contributed by atoms with Crippen LogP contribution in [0, 0.1) is 0 Å². The number of hydrogen-bond acceptors (Lipinski definition) is 5. The Balaban J connectivity index is 4.73. The van der Waals surface area contributed by atoms with Gasteiger partial charge >= 0.3 is 18.0 Å². The van der Waals surface area contributed by atoms with E-state index in [1.165, 1.54) is 0 Å². The van der Waals surface area contributed by atoms with E-state index in [2.05, 4.69) is 18.5 Å². The molecule has 7 heteroatoms. The number of carboxylic acid groups (broad SMARTS) is 1. The molecular formula is C17H25NO6. The first-order valence-corrected chi connectivity index (χ1v) is 7.40. The first-order chi connectivity index (χ1) is 11.0. The van der Waals surface area contributed by atoms with Gasteiger partial charge in [-0.2, -0.15) is 0 Å². The monoisotopic (exact) mass is 339 g/mol. The fourth-order valence-electron chi connectivity index (χ4n) is 1.48. The molecule has 0 saturated heterocycles. The maximum atomic E-state index is 12.1. The molecule has 0 aromatic heterocycles. The van der Waals surface area contributed by atoms with Gasteiger partial charge in [-0.15, -0.1) is 0 Å². The number of allylic oxidation sites excluding steroid dienone is 2. The van der Waals surface area contributed by atoms with Gasteiger partial charge in [-0.05, 0) is 32.8 Å². The zero-order valence-corrected chi connectivity index (χ0v) is 14.3. The van der Waals surface area contributed by atoms with Crippen LogP contribution in [-0.4, -0.2) is 41.4 Å². The minimum atomic E-state index is -1.12. The van der Waals surface area contributed by atoms with Crippen molar-refractivity contribution in [2.45, 2.75) is 45.3 Å². The quantitative estimate of drug-likeness (QED) is 0.494. The van der Waals surface area contributed by atoms with E-state index in [4.69, 9.17) is 14.6 Å². The Hall–Kier alpha value is -2.57. The Morgan fingerprint density at radius 2 is 1.92 bits per heavy atom. The van der Waals surface area contributed by atoms with Gasteiger partial charge < -0.3 is 19.9 Å². The van der Waals surface area contributed by atoms with Gasteiger partial charge in [0, 0.05) is 6.42 Å². The molecule has 1 unspecified atom stereocenters. The van der Waals surface area contributed by atoms with E-state index in [1.807, 2.05) is 0 Å². The molecule has 0 aliphatic rings. The van der Waals surface area contributed by atoms with E-state index < -0.39 is 29.7 Å². The Morgan fingerprint density at radius 3 is 2.42 bits per heavy atom. The molecule has 0 spiro atoms. The van der Waals surface area contributed by atoms with E-state index >= 15 is 0 Å². The molecule has 1 amide bonds. The van der Waals surface area contributed by atoms with Crippen molar-refractivity contribution in [1.82, 2.24) is 5.32 Å². The van der Waals surface area contributed by atoms with Crippen LogP contribution in [0.4, 0.5) is 4.79 Å². The number of nitrogens with one attached hydrogen (secondary N) is 1. The van der Waals surface area contributed by atoms with Crippen LogP contribution in [-0.2, 0) is 19.1 Å². The number of carboxylic acids is 1. The summed E-state index contributed by atoms with van der Waals surface area (Å²) >= 11 is 0. The topological polar surface area (TPSA) is 102 Å². The van der Waals surface area contributed by atoms with Gasteiger partial charge in [-0.1, -0.05) is 31.4 Å². The molecule has 0 bridgehead atoms. The van der Waals surface area contributed by atoms with Gasteiger partial charge in [0.2, 0.25) is 0 Å². The average Bonchev–Trinajstić information content (AvgIpc) is 2.44. The predicted octanol–water partition coefficient (Wildman–Crippen LogP) is 2.59. The van der Waals surface area contributed by atoms with Crippen LogP contribution in [0.15, 0.2) is 37.0 Å². The first-order valence-electron chi connectivity index (χ1n) is 7.40. The van der Waals surface area contributed by atoms with Crippen molar-refractivity contribution in [3.8, 4) is 0 Å². The number of esters is 1. The van der Waals surface area contributed by atoms with E-state index in [-0.39, 0.29) is 19.4 Å². The van der Waals surface area contributed by atoms with Gasteiger partial charge in [0.25, 0.3) is 0 Å². The average molecular weight is 339 g/mol.